The van der Waals surface area contributed by atoms with Crippen molar-refractivity contribution in [3.63, 3.8) is 0 Å². The quantitative estimate of drug-likeness (QED) is 0.730. The number of carboxylic acid groups (broad SMARTS) is 1. The highest BCUT2D eigenvalue weighted by Crippen LogP contribution is 2.40. The normalized spacial score (nSPS) is 13.7. The Bertz CT molecular complexity index is 704. The number of nitrogens with one attached hydrogen (secondary N) is 2. The van der Waals surface area contributed by atoms with E-state index in [9.17, 15) is 4.79 Å². The van der Waals surface area contributed by atoms with E-state index < -0.39 is 5.97 Å². The van der Waals surface area contributed by atoms with Crippen LogP contribution in [-0.4, -0.2) is 27.6 Å². The summed E-state index contributed by atoms with van der Waals surface area (Å²) in [6.07, 6.45) is 2.23. The molecule has 0 aliphatic heterocycles. The molecule has 1 aromatic carbocycles. The van der Waals surface area contributed by atoms with Crippen molar-refractivity contribution < 1.29 is 9.90 Å². The molecule has 1 aromatic heterocycles. The van der Waals surface area contributed by atoms with Crippen molar-refractivity contribution in [2.45, 2.75) is 18.8 Å². The molecule has 2 aromatic rings. The van der Waals surface area contributed by atoms with Crippen molar-refractivity contribution in [2.24, 2.45) is 0 Å². The fourth-order valence-corrected chi connectivity index (χ4v) is 2.47. The highest BCUT2D eigenvalue weighted by Gasteiger charge is 2.26. The predicted molar refractivity (Wildman–Crippen MR) is 87.6 cm³/mol. The summed E-state index contributed by atoms with van der Waals surface area (Å²) in [6.45, 7) is -0.204. The number of carbonyl (C=O) groups is 1. The number of hydrogen-bond acceptors (Lipinski definition) is 5. The minimum atomic E-state index is -0.943. The van der Waals surface area contributed by atoms with Gasteiger partial charge in [0.25, 0.3) is 0 Å². The number of anilines is 3. The van der Waals surface area contributed by atoms with Gasteiger partial charge in [-0.2, -0.15) is 4.98 Å². The first-order chi connectivity index (χ1) is 10.6. The van der Waals surface area contributed by atoms with Gasteiger partial charge < -0.3 is 15.7 Å². The molecule has 22 heavy (non-hydrogen) atoms. The zero-order valence-corrected chi connectivity index (χ0v) is 13.3. The molecule has 0 atom stereocenters. The zero-order valence-electron chi connectivity index (χ0n) is 11.7. The van der Waals surface area contributed by atoms with Crippen LogP contribution in [0.2, 0.25) is 0 Å². The van der Waals surface area contributed by atoms with Crippen molar-refractivity contribution in [3.8, 4) is 0 Å². The van der Waals surface area contributed by atoms with Crippen LogP contribution < -0.4 is 10.6 Å². The van der Waals surface area contributed by atoms with Crippen LogP contribution in [0.5, 0.6) is 0 Å². The van der Waals surface area contributed by atoms with Crippen LogP contribution in [0.3, 0.4) is 0 Å². The van der Waals surface area contributed by atoms with Crippen molar-refractivity contribution in [2.75, 3.05) is 17.2 Å². The van der Waals surface area contributed by atoms with Gasteiger partial charge in [-0.05, 0) is 31.0 Å². The minimum Gasteiger partial charge on any atom is -0.480 e. The zero-order chi connectivity index (χ0) is 15.5. The second-order valence-corrected chi connectivity index (χ2v) is 6.07. The smallest absolute Gasteiger partial charge is 0.322 e. The molecule has 0 spiro atoms. The summed E-state index contributed by atoms with van der Waals surface area (Å²) < 4.78 is 0.971. The van der Waals surface area contributed by atoms with Crippen LogP contribution in [0.1, 0.15) is 24.5 Å². The van der Waals surface area contributed by atoms with Crippen LogP contribution in [0.25, 0.3) is 0 Å². The first kappa shape index (κ1) is 14.8. The molecular formula is C15H15BrN4O2. The molecule has 0 bridgehead atoms. The Morgan fingerprint density at radius 3 is 2.82 bits per heavy atom. The van der Waals surface area contributed by atoms with Gasteiger partial charge in [-0.25, -0.2) is 4.98 Å². The molecule has 3 rings (SSSR count). The van der Waals surface area contributed by atoms with E-state index in [0.717, 1.165) is 28.7 Å². The van der Waals surface area contributed by atoms with E-state index >= 15 is 0 Å². The summed E-state index contributed by atoms with van der Waals surface area (Å²) in [6, 6.07) is 9.68. The van der Waals surface area contributed by atoms with E-state index in [0.29, 0.717) is 17.7 Å². The third kappa shape index (κ3) is 3.94. The van der Waals surface area contributed by atoms with Gasteiger partial charge in [0.15, 0.2) is 0 Å². The average Bonchev–Trinajstić information content (AvgIpc) is 3.29. The third-order valence-corrected chi connectivity index (χ3v) is 3.73. The monoisotopic (exact) mass is 362 g/mol. The van der Waals surface area contributed by atoms with E-state index in [1.165, 1.54) is 0 Å². The number of benzene rings is 1. The standard InChI is InChI=1S/C15H15BrN4O2/c16-10-2-1-3-11(6-10)18-13-7-12(9-4-5-9)19-15(20-13)17-8-14(21)22/h1-3,6-7,9H,4-5,8H2,(H,21,22)(H2,17,18,19,20). The lowest BCUT2D eigenvalue weighted by atomic mass is 10.2. The van der Waals surface area contributed by atoms with Gasteiger partial charge in [-0.1, -0.05) is 22.0 Å². The number of aromatic nitrogens is 2. The van der Waals surface area contributed by atoms with E-state index in [2.05, 4.69) is 36.5 Å². The molecule has 0 saturated heterocycles. The van der Waals surface area contributed by atoms with Gasteiger partial charge >= 0.3 is 5.97 Å². The second-order valence-electron chi connectivity index (χ2n) is 5.16. The number of aliphatic carboxylic acids is 1. The van der Waals surface area contributed by atoms with Gasteiger partial charge in [-0.15, -0.1) is 0 Å². The predicted octanol–water partition coefficient (Wildman–Crippen LogP) is 3.36. The molecule has 6 nitrogen and oxygen atoms in total. The summed E-state index contributed by atoms with van der Waals surface area (Å²) in [7, 11) is 0. The highest BCUT2D eigenvalue weighted by molar-refractivity contribution is 9.10. The van der Waals surface area contributed by atoms with Crippen molar-refractivity contribution in [1.29, 1.82) is 0 Å². The minimum absolute atomic E-state index is 0.204. The molecule has 114 valence electrons. The molecule has 3 N–H and O–H groups in total. The molecule has 1 fully saturated rings. The number of carboxylic acids is 1. The van der Waals surface area contributed by atoms with Crippen molar-refractivity contribution in [3.05, 3.63) is 40.5 Å². The van der Waals surface area contributed by atoms with Crippen LogP contribution in [0, 0.1) is 0 Å². The molecule has 1 aliphatic carbocycles. The summed E-state index contributed by atoms with van der Waals surface area (Å²) >= 11 is 3.43. The van der Waals surface area contributed by atoms with Crippen LogP contribution in [0.4, 0.5) is 17.5 Å². The SMILES string of the molecule is O=C(O)CNc1nc(Nc2cccc(Br)c2)cc(C2CC2)n1. The third-order valence-electron chi connectivity index (χ3n) is 3.24. The molecule has 7 heteroatoms. The van der Waals surface area contributed by atoms with Crippen LogP contribution in [-0.2, 0) is 4.79 Å². The Labute approximate surface area is 136 Å². The molecule has 0 unspecified atom stereocenters. The maximum atomic E-state index is 10.7. The molecule has 1 heterocycles. The van der Waals surface area contributed by atoms with Gasteiger partial charge in [-0.3, -0.25) is 4.79 Å². The Morgan fingerprint density at radius 1 is 1.32 bits per heavy atom. The number of halogens is 1. The van der Waals surface area contributed by atoms with E-state index in [-0.39, 0.29) is 6.54 Å². The van der Waals surface area contributed by atoms with Crippen molar-refractivity contribution >= 4 is 39.4 Å². The number of nitrogens with zero attached hydrogens (tertiary/aromatic N) is 2. The molecule has 0 amide bonds. The van der Waals surface area contributed by atoms with Crippen LogP contribution >= 0.6 is 15.9 Å². The van der Waals surface area contributed by atoms with Gasteiger partial charge in [0.05, 0.1) is 5.69 Å². The van der Waals surface area contributed by atoms with Crippen LogP contribution in [0.15, 0.2) is 34.8 Å². The first-order valence-electron chi connectivity index (χ1n) is 6.97. The molecular weight excluding hydrogens is 348 g/mol. The number of rotatable bonds is 6. The highest BCUT2D eigenvalue weighted by atomic mass is 79.9. The Morgan fingerprint density at radius 2 is 2.14 bits per heavy atom. The summed E-state index contributed by atoms with van der Waals surface area (Å²) in [4.78, 5) is 19.4. The maximum absolute atomic E-state index is 10.7. The molecule has 0 radical (unpaired) electrons. The largest absolute Gasteiger partial charge is 0.480 e. The Balaban J connectivity index is 1.83. The lowest BCUT2D eigenvalue weighted by Crippen LogP contribution is -2.15. The lowest BCUT2D eigenvalue weighted by molar-refractivity contribution is -0.134. The molecule has 1 aliphatic rings. The molecule has 1 saturated carbocycles. The second kappa shape index (κ2) is 6.31. The number of hydrogen-bond donors (Lipinski definition) is 3. The summed E-state index contributed by atoms with van der Waals surface area (Å²) in [5.41, 5.74) is 1.85. The fraction of sp³-hybridized carbons (Fsp3) is 0.267. The van der Waals surface area contributed by atoms with Gasteiger partial charge in [0, 0.05) is 22.1 Å². The average molecular weight is 363 g/mol. The van der Waals surface area contributed by atoms with E-state index in [1.807, 2.05) is 30.3 Å². The topological polar surface area (TPSA) is 87.1 Å². The van der Waals surface area contributed by atoms with E-state index in [1.54, 1.807) is 0 Å². The van der Waals surface area contributed by atoms with Gasteiger partial charge in [0.2, 0.25) is 5.95 Å². The lowest BCUT2D eigenvalue weighted by Gasteiger charge is -2.10. The van der Waals surface area contributed by atoms with E-state index in [4.69, 9.17) is 5.11 Å². The first-order valence-corrected chi connectivity index (χ1v) is 7.77. The summed E-state index contributed by atoms with van der Waals surface area (Å²) in [5.74, 6) is 0.505. The van der Waals surface area contributed by atoms with Gasteiger partial charge in [0.1, 0.15) is 12.4 Å². The fourth-order valence-electron chi connectivity index (χ4n) is 2.07. The van der Waals surface area contributed by atoms with Crippen molar-refractivity contribution in [1.82, 2.24) is 9.97 Å². The summed E-state index contributed by atoms with van der Waals surface area (Å²) in [5, 5.41) is 14.7. The maximum Gasteiger partial charge on any atom is 0.322 e. The Kier molecular flexibility index (Phi) is 4.24. The Hall–Kier alpha value is -2.15.